The second kappa shape index (κ2) is 5.60. The summed E-state index contributed by atoms with van der Waals surface area (Å²) in [4.78, 5) is 12.1. The Morgan fingerprint density at radius 1 is 0.955 bits per heavy atom. The molecule has 0 unspecified atom stereocenters. The number of amides is 1. The van der Waals surface area contributed by atoms with E-state index in [0.717, 1.165) is 17.7 Å². The van der Waals surface area contributed by atoms with Crippen LogP contribution in [-0.4, -0.2) is 21.2 Å². The molecule has 5 heteroatoms. The molecule has 0 spiro atoms. The summed E-state index contributed by atoms with van der Waals surface area (Å²) < 4.78 is 0. The molecule has 0 bridgehead atoms. The molecule has 0 radical (unpaired) electrons. The third-order valence-electron chi connectivity index (χ3n) is 3.34. The summed E-state index contributed by atoms with van der Waals surface area (Å²) in [7, 11) is 0. The van der Waals surface area contributed by atoms with E-state index in [0.29, 0.717) is 5.69 Å². The fourth-order valence-corrected chi connectivity index (χ4v) is 1.99. The Bertz CT molecular complexity index is 677. The Morgan fingerprint density at radius 3 is 1.91 bits per heavy atom. The number of nitrogens with one attached hydrogen (secondary N) is 1. The maximum atomic E-state index is 12.1. The van der Waals surface area contributed by atoms with Crippen molar-refractivity contribution in [2.24, 2.45) is 0 Å². The molecule has 5 nitrogen and oxygen atoms in total. The van der Waals surface area contributed by atoms with Gasteiger partial charge in [-0.3, -0.25) is 4.79 Å². The van der Waals surface area contributed by atoms with Gasteiger partial charge < -0.3 is 20.6 Å². The summed E-state index contributed by atoms with van der Waals surface area (Å²) in [5.41, 5.74) is 1.82. The van der Waals surface area contributed by atoms with Crippen molar-refractivity contribution < 1.29 is 20.1 Å². The van der Waals surface area contributed by atoms with Crippen molar-refractivity contribution in [2.75, 3.05) is 5.32 Å². The lowest BCUT2D eigenvalue weighted by molar-refractivity contribution is 0.102. The molecule has 116 valence electrons. The van der Waals surface area contributed by atoms with Crippen molar-refractivity contribution in [1.29, 1.82) is 0 Å². The molecule has 0 saturated heterocycles. The predicted molar refractivity (Wildman–Crippen MR) is 84.5 cm³/mol. The smallest absolute Gasteiger partial charge is 0.255 e. The largest absolute Gasteiger partial charge is 0.504 e. The lowest BCUT2D eigenvalue weighted by Crippen LogP contribution is -2.13. The summed E-state index contributed by atoms with van der Waals surface area (Å²) in [6, 6.07) is 9.63. The van der Waals surface area contributed by atoms with Crippen LogP contribution in [0, 0.1) is 0 Å². The van der Waals surface area contributed by atoms with Crippen molar-refractivity contribution in [3.05, 3.63) is 47.5 Å². The Hall–Kier alpha value is -2.69. The van der Waals surface area contributed by atoms with E-state index in [1.54, 1.807) is 12.1 Å². The molecule has 2 aromatic carbocycles. The van der Waals surface area contributed by atoms with Gasteiger partial charge in [-0.15, -0.1) is 0 Å². The zero-order valence-electron chi connectivity index (χ0n) is 12.7. The summed E-state index contributed by atoms with van der Waals surface area (Å²) in [5, 5.41) is 30.8. The standard InChI is InChI=1S/C17H19NO4/c1-17(2,3)11-4-6-12(7-5-11)18-16(22)10-8-13(19)15(21)14(20)9-10/h4-9,19-21H,1-3H3,(H,18,22). The van der Waals surface area contributed by atoms with E-state index in [-0.39, 0.29) is 11.0 Å². The van der Waals surface area contributed by atoms with Crippen LogP contribution in [0.2, 0.25) is 0 Å². The number of carbonyl (C=O) groups is 1. The number of aromatic hydroxyl groups is 3. The van der Waals surface area contributed by atoms with Gasteiger partial charge in [0.2, 0.25) is 0 Å². The molecule has 0 aromatic heterocycles. The van der Waals surface area contributed by atoms with Gasteiger partial charge in [-0.2, -0.15) is 0 Å². The van der Waals surface area contributed by atoms with Crippen LogP contribution in [0.5, 0.6) is 17.2 Å². The van der Waals surface area contributed by atoms with E-state index in [2.05, 4.69) is 26.1 Å². The van der Waals surface area contributed by atoms with Crippen molar-refractivity contribution >= 4 is 11.6 Å². The van der Waals surface area contributed by atoms with Gasteiger partial charge in [-0.25, -0.2) is 0 Å². The molecule has 1 amide bonds. The van der Waals surface area contributed by atoms with E-state index < -0.39 is 23.2 Å². The van der Waals surface area contributed by atoms with Crippen LogP contribution in [0.25, 0.3) is 0 Å². The van der Waals surface area contributed by atoms with Gasteiger partial charge in [0.05, 0.1) is 0 Å². The first-order valence-electron chi connectivity index (χ1n) is 6.85. The Kier molecular flexibility index (Phi) is 3.99. The SMILES string of the molecule is CC(C)(C)c1ccc(NC(=O)c2cc(O)c(O)c(O)c2)cc1. The fraction of sp³-hybridized carbons (Fsp3) is 0.235. The average Bonchev–Trinajstić information content (AvgIpc) is 2.43. The first kappa shape index (κ1) is 15.7. The van der Waals surface area contributed by atoms with Crippen molar-refractivity contribution in [2.45, 2.75) is 26.2 Å². The van der Waals surface area contributed by atoms with Crippen LogP contribution < -0.4 is 5.32 Å². The summed E-state index contributed by atoms with van der Waals surface area (Å²) in [5.74, 6) is -2.23. The van der Waals surface area contributed by atoms with Crippen molar-refractivity contribution in [1.82, 2.24) is 0 Å². The molecular weight excluding hydrogens is 282 g/mol. The van der Waals surface area contributed by atoms with Gasteiger partial charge in [0.15, 0.2) is 17.2 Å². The number of phenolic OH excluding ortho intramolecular Hbond substituents is 3. The van der Waals surface area contributed by atoms with Crippen LogP contribution in [0.1, 0.15) is 36.7 Å². The predicted octanol–water partition coefficient (Wildman–Crippen LogP) is 3.35. The highest BCUT2D eigenvalue weighted by atomic mass is 16.3. The molecule has 2 aromatic rings. The minimum absolute atomic E-state index is 0.0249. The molecular formula is C17H19NO4. The molecule has 0 saturated carbocycles. The number of phenols is 3. The third kappa shape index (κ3) is 3.31. The molecule has 0 aliphatic carbocycles. The van der Waals surface area contributed by atoms with Crippen LogP contribution >= 0.6 is 0 Å². The summed E-state index contributed by atoms with van der Waals surface area (Å²) >= 11 is 0. The molecule has 0 heterocycles. The number of benzene rings is 2. The highest BCUT2D eigenvalue weighted by Crippen LogP contribution is 2.35. The maximum Gasteiger partial charge on any atom is 0.255 e. The van der Waals surface area contributed by atoms with Gasteiger partial charge in [0.25, 0.3) is 5.91 Å². The van der Waals surface area contributed by atoms with Crippen molar-refractivity contribution in [3.63, 3.8) is 0 Å². The van der Waals surface area contributed by atoms with Crippen LogP contribution in [0.4, 0.5) is 5.69 Å². The van der Waals surface area contributed by atoms with Crippen LogP contribution in [-0.2, 0) is 5.41 Å². The van der Waals surface area contributed by atoms with Gasteiger partial charge in [-0.1, -0.05) is 32.9 Å². The minimum atomic E-state index is -0.647. The number of hydrogen-bond donors (Lipinski definition) is 4. The molecule has 0 aliphatic rings. The number of rotatable bonds is 2. The zero-order valence-corrected chi connectivity index (χ0v) is 12.7. The van der Waals surface area contributed by atoms with E-state index in [4.69, 9.17) is 0 Å². The Morgan fingerprint density at radius 2 is 1.45 bits per heavy atom. The molecule has 0 fully saturated rings. The molecule has 2 rings (SSSR count). The second-order valence-electron chi connectivity index (χ2n) is 6.14. The van der Waals surface area contributed by atoms with Gasteiger partial charge in [0, 0.05) is 11.3 Å². The molecule has 0 aliphatic heterocycles. The van der Waals surface area contributed by atoms with Gasteiger partial charge >= 0.3 is 0 Å². The highest BCUT2D eigenvalue weighted by molar-refractivity contribution is 6.05. The lowest BCUT2D eigenvalue weighted by Gasteiger charge is -2.19. The normalized spacial score (nSPS) is 11.2. The molecule has 4 N–H and O–H groups in total. The second-order valence-corrected chi connectivity index (χ2v) is 6.14. The monoisotopic (exact) mass is 301 g/mol. The van der Waals surface area contributed by atoms with Crippen molar-refractivity contribution in [3.8, 4) is 17.2 Å². The van der Waals surface area contributed by atoms with Gasteiger partial charge in [0.1, 0.15) is 0 Å². The lowest BCUT2D eigenvalue weighted by atomic mass is 9.87. The van der Waals surface area contributed by atoms with Crippen LogP contribution in [0.15, 0.2) is 36.4 Å². The van der Waals surface area contributed by atoms with E-state index in [1.165, 1.54) is 0 Å². The fourth-order valence-electron chi connectivity index (χ4n) is 1.99. The first-order valence-corrected chi connectivity index (χ1v) is 6.85. The van der Waals surface area contributed by atoms with E-state index >= 15 is 0 Å². The van der Waals surface area contributed by atoms with Gasteiger partial charge in [-0.05, 0) is 35.2 Å². The van der Waals surface area contributed by atoms with E-state index in [1.807, 2.05) is 12.1 Å². The Balaban J connectivity index is 2.19. The first-order chi connectivity index (χ1) is 10.2. The molecule has 22 heavy (non-hydrogen) atoms. The summed E-state index contributed by atoms with van der Waals surface area (Å²) in [6.45, 7) is 6.30. The number of hydrogen-bond acceptors (Lipinski definition) is 4. The minimum Gasteiger partial charge on any atom is -0.504 e. The third-order valence-corrected chi connectivity index (χ3v) is 3.34. The number of carbonyl (C=O) groups excluding carboxylic acids is 1. The molecule has 0 atom stereocenters. The van der Waals surface area contributed by atoms with Crippen LogP contribution in [0.3, 0.4) is 0 Å². The average molecular weight is 301 g/mol. The van der Waals surface area contributed by atoms with E-state index in [9.17, 15) is 20.1 Å². The maximum absolute atomic E-state index is 12.1. The number of anilines is 1. The topological polar surface area (TPSA) is 89.8 Å². The highest BCUT2D eigenvalue weighted by Gasteiger charge is 2.15. The summed E-state index contributed by atoms with van der Waals surface area (Å²) in [6.07, 6.45) is 0. The quantitative estimate of drug-likeness (QED) is 0.640. The Labute approximate surface area is 128 Å². The zero-order chi connectivity index (χ0) is 16.5.